The van der Waals surface area contributed by atoms with Crippen LogP contribution in [0.4, 0.5) is 0 Å². The third kappa shape index (κ3) is 6.62. The van der Waals surface area contributed by atoms with Gasteiger partial charge in [-0.05, 0) is 61.7 Å². The van der Waals surface area contributed by atoms with E-state index in [1.54, 1.807) is 6.20 Å². The maximum atomic E-state index is 13.2. The van der Waals surface area contributed by atoms with Crippen molar-refractivity contribution in [1.29, 1.82) is 0 Å². The molecule has 204 valence electrons. The Morgan fingerprint density at radius 3 is 2.42 bits per heavy atom. The number of likely N-dealkylation sites (tertiary alicyclic amines) is 2. The van der Waals surface area contributed by atoms with E-state index in [1.807, 2.05) is 12.4 Å². The maximum Gasteiger partial charge on any atom is 0.227 e. The van der Waals surface area contributed by atoms with Crippen molar-refractivity contribution in [3.63, 3.8) is 0 Å². The number of hydrogen-bond acceptors (Lipinski definition) is 5. The van der Waals surface area contributed by atoms with Crippen LogP contribution in [0.3, 0.4) is 0 Å². The van der Waals surface area contributed by atoms with Gasteiger partial charge in [-0.15, -0.1) is 0 Å². The first-order valence-electron chi connectivity index (χ1n) is 14.6. The molecule has 2 aromatic rings. The van der Waals surface area contributed by atoms with E-state index in [0.29, 0.717) is 11.8 Å². The summed E-state index contributed by atoms with van der Waals surface area (Å²) in [5.74, 6) is 1.24. The van der Waals surface area contributed by atoms with Crippen LogP contribution < -0.4 is 0 Å². The van der Waals surface area contributed by atoms with Crippen molar-refractivity contribution in [2.24, 2.45) is 10.4 Å². The van der Waals surface area contributed by atoms with Crippen molar-refractivity contribution in [3.05, 3.63) is 65.9 Å². The number of amides is 1. The van der Waals surface area contributed by atoms with Crippen molar-refractivity contribution >= 4 is 11.6 Å². The molecule has 1 amide bonds. The summed E-state index contributed by atoms with van der Waals surface area (Å²) in [5, 5.41) is 0. The Morgan fingerprint density at radius 2 is 1.76 bits per heavy atom. The number of allylic oxidation sites excluding steroid dienone is 1. The molecule has 0 bridgehead atoms. The summed E-state index contributed by atoms with van der Waals surface area (Å²) in [5.41, 5.74) is 3.87. The van der Waals surface area contributed by atoms with Gasteiger partial charge in [-0.25, -0.2) is 4.98 Å². The number of nitrogens with one attached hydrogen (secondary N) is 1. The number of hydrogen-bond donors (Lipinski definition) is 1. The predicted octanol–water partition coefficient (Wildman–Crippen LogP) is 4.82. The van der Waals surface area contributed by atoms with Gasteiger partial charge in [-0.2, -0.15) is 0 Å². The van der Waals surface area contributed by atoms with Gasteiger partial charge in [0.25, 0.3) is 0 Å². The zero-order chi connectivity index (χ0) is 26.4. The summed E-state index contributed by atoms with van der Waals surface area (Å²) >= 11 is 0. The average molecular weight is 517 g/mol. The summed E-state index contributed by atoms with van der Waals surface area (Å²) in [7, 11) is 0. The summed E-state index contributed by atoms with van der Waals surface area (Å²) in [6, 6.07) is 9.33. The fourth-order valence-electron chi connectivity index (χ4n) is 6.56. The Balaban J connectivity index is 1.13. The molecule has 1 spiro atoms. The number of carbonyl (C=O) groups is 1. The van der Waals surface area contributed by atoms with Crippen LogP contribution in [0, 0.1) is 5.41 Å². The smallest absolute Gasteiger partial charge is 0.227 e. The van der Waals surface area contributed by atoms with Gasteiger partial charge < -0.3 is 14.8 Å². The Morgan fingerprint density at radius 1 is 1.03 bits per heavy atom. The fourth-order valence-corrected chi connectivity index (χ4v) is 6.56. The van der Waals surface area contributed by atoms with Crippen molar-refractivity contribution in [3.8, 4) is 0 Å². The number of nitrogens with zero attached hydrogens (tertiary/aromatic N) is 5. The van der Waals surface area contributed by atoms with Crippen LogP contribution >= 0.6 is 0 Å². The number of carbonyl (C=O) groups excluding carboxylic acids is 1. The van der Waals surface area contributed by atoms with Crippen molar-refractivity contribution in [2.75, 3.05) is 32.7 Å². The van der Waals surface area contributed by atoms with Crippen molar-refractivity contribution in [1.82, 2.24) is 24.7 Å². The molecule has 3 aliphatic heterocycles. The number of benzene rings is 1. The number of aromatic amines is 1. The predicted molar refractivity (Wildman–Crippen MR) is 153 cm³/mol. The van der Waals surface area contributed by atoms with Crippen LogP contribution in [0.2, 0.25) is 0 Å². The van der Waals surface area contributed by atoms with Crippen LogP contribution in [-0.4, -0.2) is 75.1 Å². The average Bonchev–Trinajstić information content (AvgIpc) is 3.71. The largest absolute Gasteiger partial charge is 0.348 e. The second-order valence-corrected chi connectivity index (χ2v) is 11.5. The zero-order valence-corrected chi connectivity index (χ0v) is 23.2. The van der Waals surface area contributed by atoms with Crippen LogP contribution in [-0.2, 0) is 24.3 Å². The summed E-state index contributed by atoms with van der Waals surface area (Å²) in [6.45, 7) is 11.2. The number of imidazole rings is 1. The number of H-pyrrole nitrogens is 1. The first-order valence-corrected chi connectivity index (χ1v) is 14.6. The highest BCUT2D eigenvalue weighted by Crippen LogP contribution is 2.41. The van der Waals surface area contributed by atoms with Crippen molar-refractivity contribution < 1.29 is 4.79 Å². The topological polar surface area (TPSA) is 67.8 Å². The molecule has 7 heteroatoms. The van der Waals surface area contributed by atoms with Gasteiger partial charge in [-0.3, -0.25) is 14.7 Å². The maximum absolute atomic E-state index is 13.2. The Hall–Kier alpha value is -2.77. The van der Waals surface area contributed by atoms with Gasteiger partial charge >= 0.3 is 0 Å². The molecule has 5 rings (SSSR count). The Labute approximate surface area is 228 Å². The first-order chi connectivity index (χ1) is 18.6. The van der Waals surface area contributed by atoms with E-state index in [2.05, 4.69) is 73.8 Å². The van der Waals surface area contributed by atoms with Gasteiger partial charge in [0.05, 0.1) is 13.0 Å². The fraction of sp³-hybridized carbons (Fsp3) is 0.581. The van der Waals surface area contributed by atoms with Crippen LogP contribution in [0.5, 0.6) is 0 Å². The molecule has 1 aromatic carbocycles. The highest BCUT2D eigenvalue weighted by molar-refractivity contribution is 5.89. The lowest BCUT2D eigenvalue weighted by molar-refractivity contribution is -0.130. The van der Waals surface area contributed by atoms with E-state index >= 15 is 0 Å². The Kier molecular flexibility index (Phi) is 8.75. The molecular weight excluding hydrogens is 472 g/mol. The monoisotopic (exact) mass is 516 g/mol. The molecule has 0 atom stereocenters. The van der Waals surface area contributed by atoms with Crippen LogP contribution in [0.15, 0.2) is 53.9 Å². The molecular formula is C31H44N6O. The van der Waals surface area contributed by atoms with Gasteiger partial charge in [0.15, 0.2) is 0 Å². The second-order valence-electron chi connectivity index (χ2n) is 11.5. The molecule has 1 N–H and O–H groups in total. The quantitative estimate of drug-likeness (QED) is 0.465. The van der Waals surface area contributed by atoms with E-state index in [0.717, 1.165) is 56.6 Å². The minimum Gasteiger partial charge on any atom is -0.348 e. The second kappa shape index (κ2) is 12.4. The summed E-state index contributed by atoms with van der Waals surface area (Å²) in [6.07, 6.45) is 15.2. The molecule has 38 heavy (non-hydrogen) atoms. The minimum atomic E-state index is 0.281. The Bertz CT molecular complexity index is 1090. The standard InChI is InChI=1S/C31H44N6O/c1-3-28(4-2)36-17-11-31(12-18-36)13-19-37(24-31)30(38)20-25-7-9-26(10-8-25)21-35(22-27-6-5-14-32-27)23-29-33-15-16-34-29/h5,7-10,14-16,28H,3-4,6,11-13,17-24H2,1-2H3,(H,33,34). The molecule has 1 aromatic heterocycles. The van der Waals surface area contributed by atoms with Crippen molar-refractivity contribution in [2.45, 2.75) is 77.9 Å². The van der Waals surface area contributed by atoms with E-state index in [-0.39, 0.29) is 5.91 Å². The highest BCUT2D eigenvalue weighted by atomic mass is 16.2. The number of rotatable bonds is 11. The van der Waals surface area contributed by atoms with Gasteiger partial charge in [-0.1, -0.05) is 44.2 Å². The first kappa shape index (κ1) is 26.8. The van der Waals surface area contributed by atoms with Crippen LogP contribution in [0.25, 0.3) is 0 Å². The lowest BCUT2D eigenvalue weighted by atomic mass is 9.77. The summed E-state index contributed by atoms with van der Waals surface area (Å²) in [4.78, 5) is 32.5. The third-order valence-corrected chi connectivity index (χ3v) is 8.94. The van der Waals surface area contributed by atoms with E-state index in [4.69, 9.17) is 0 Å². The van der Waals surface area contributed by atoms with Gasteiger partial charge in [0.2, 0.25) is 5.91 Å². The molecule has 2 saturated heterocycles. The molecule has 7 nitrogen and oxygen atoms in total. The number of aromatic nitrogens is 2. The minimum absolute atomic E-state index is 0.281. The lowest BCUT2D eigenvalue weighted by Gasteiger charge is -2.42. The zero-order valence-electron chi connectivity index (χ0n) is 23.2. The number of piperidine rings is 1. The van der Waals surface area contributed by atoms with E-state index < -0.39 is 0 Å². The molecule has 2 fully saturated rings. The SMILES string of the molecule is CCC(CC)N1CCC2(CCN(C(=O)Cc3ccc(CN(CC4=NC=CC4)Cc4ncc[nH]4)cc3)C2)CC1. The molecule has 3 aliphatic rings. The molecule has 0 saturated carbocycles. The van der Waals surface area contributed by atoms with Crippen LogP contribution in [0.1, 0.15) is 69.3 Å². The normalized spacial score (nSPS) is 19.3. The molecule has 0 aliphatic carbocycles. The van der Waals surface area contributed by atoms with Gasteiger partial charge in [0, 0.05) is 62.9 Å². The van der Waals surface area contributed by atoms with Gasteiger partial charge in [0.1, 0.15) is 5.82 Å². The lowest BCUT2D eigenvalue weighted by Crippen LogP contribution is -2.46. The molecule has 0 radical (unpaired) electrons. The molecule has 0 unspecified atom stereocenters. The highest BCUT2D eigenvalue weighted by Gasteiger charge is 2.42. The number of aliphatic imine (C=N–C) groups is 1. The third-order valence-electron chi connectivity index (χ3n) is 8.94. The van der Waals surface area contributed by atoms with E-state index in [9.17, 15) is 4.79 Å². The van der Waals surface area contributed by atoms with E-state index in [1.165, 1.54) is 56.5 Å². The summed E-state index contributed by atoms with van der Waals surface area (Å²) < 4.78 is 0. The molecule has 4 heterocycles.